The summed E-state index contributed by atoms with van der Waals surface area (Å²) < 4.78 is 0. The van der Waals surface area contributed by atoms with E-state index in [0.29, 0.717) is 11.6 Å². The van der Waals surface area contributed by atoms with Crippen molar-refractivity contribution in [3.63, 3.8) is 0 Å². The van der Waals surface area contributed by atoms with Gasteiger partial charge in [-0.15, -0.1) is 0 Å². The van der Waals surface area contributed by atoms with Gasteiger partial charge in [-0.2, -0.15) is 11.3 Å². The molecule has 2 aromatic rings. The minimum Gasteiger partial charge on any atom is -0.334 e. The van der Waals surface area contributed by atoms with Gasteiger partial charge in [0.1, 0.15) is 0 Å². The molecule has 0 saturated carbocycles. The van der Waals surface area contributed by atoms with Crippen molar-refractivity contribution < 1.29 is 4.79 Å². The second kappa shape index (κ2) is 7.81. The Morgan fingerprint density at radius 2 is 2.09 bits per heavy atom. The summed E-state index contributed by atoms with van der Waals surface area (Å²) in [6.45, 7) is 3.41. The number of carbonyl (C=O) groups is 1. The zero-order valence-corrected chi connectivity index (χ0v) is 14.4. The number of likely N-dealkylation sites (tertiary alicyclic amines) is 1. The minimum atomic E-state index is -0.109. The van der Waals surface area contributed by atoms with E-state index in [1.165, 1.54) is 5.56 Å². The first-order valence-electron chi connectivity index (χ1n) is 7.71. The lowest BCUT2D eigenvalue weighted by molar-refractivity contribution is 0.235. The SMILES string of the molecule is O=C(NCc1ccc(Cl)cc1)N[C@H]1CCN(Cc2ccsc2)C1. The van der Waals surface area contributed by atoms with Crippen LogP contribution in [0.15, 0.2) is 41.1 Å². The van der Waals surface area contributed by atoms with E-state index >= 15 is 0 Å². The number of benzene rings is 1. The van der Waals surface area contributed by atoms with Crippen molar-refractivity contribution in [3.05, 3.63) is 57.2 Å². The van der Waals surface area contributed by atoms with Crippen LogP contribution in [0.3, 0.4) is 0 Å². The molecular weight excluding hydrogens is 330 g/mol. The summed E-state index contributed by atoms with van der Waals surface area (Å²) in [5, 5.41) is 10.9. The first kappa shape index (κ1) is 16.3. The molecule has 1 aromatic carbocycles. The van der Waals surface area contributed by atoms with E-state index in [0.717, 1.165) is 31.6 Å². The zero-order valence-electron chi connectivity index (χ0n) is 12.8. The monoisotopic (exact) mass is 349 g/mol. The third-order valence-corrected chi connectivity index (χ3v) is 4.94. The lowest BCUT2D eigenvalue weighted by Crippen LogP contribution is -2.43. The molecule has 1 aromatic heterocycles. The number of thiophene rings is 1. The number of hydrogen-bond acceptors (Lipinski definition) is 3. The number of nitrogens with zero attached hydrogens (tertiary/aromatic N) is 1. The Morgan fingerprint density at radius 3 is 2.83 bits per heavy atom. The van der Waals surface area contributed by atoms with E-state index < -0.39 is 0 Å². The highest BCUT2D eigenvalue weighted by atomic mass is 35.5. The quantitative estimate of drug-likeness (QED) is 0.868. The Bertz CT molecular complexity index is 630. The molecule has 1 fully saturated rings. The maximum absolute atomic E-state index is 12.0. The Labute approximate surface area is 145 Å². The molecule has 2 heterocycles. The van der Waals surface area contributed by atoms with Crippen molar-refractivity contribution in [3.8, 4) is 0 Å². The number of urea groups is 1. The molecule has 2 amide bonds. The summed E-state index contributed by atoms with van der Waals surface area (Å²) in [7, 11) is 0. The van der Waals surface area contributed by atoms with Gasteiger partial charge in [0, 0.05) is 37.2 Å². The van der Waals surface area contributed by atoms with Gasteiger partial charge in [0.25, 0.3) is 0 Å². The van der Waals surface area contributed by atoms with Crippen LogP contribution in [0.2, 0.25) is 5.02 Å². The molecular formula is C17H20ClN3OS. The number of amides is 2. The molecule has 122 valence electrons. The van der Waals surface area contributed by atoms with Gasteiger partial charge >= 0.3 is 6.03 Å². The summed E-state index contributed by atoms with van der Waals surface area (Å²) >= 11 is 7.57. The molecule has 1 atom stereocenters. The van der Waals surface area contributed by atoms with Crippen LogP contribution in [0.5, 0.6) is 0 Å². The topological polar surface area (TPSA) is 44.4 Å². The number of carbonyl (C=O) groups excluding carboxylic acids is 1. The van der Waals surface area contributed by atoms with Crippen LogP contribution in [-0.4, -0.2) is 30.1 Å². The van der Waals surface area contributed by atoms with Gasteiger partial charge < -0.3 is 10.6 Å². The van der Waals surface area contributed by atoms with Gasteiger partial charge in [0.15, 0.2) is 0 Å². The minimum absolute atomic E-state index is 0.109. The van der Waals surface area contributed by atoms with Gasteiger partial charge in [-0.05, 0) is 46.5 Å². The number of hydrogen-bond donors (Lipinski definition) is 2. The standard InChI is InChI=1S/C17H20ClN3OS/c18-15-3-1-13(2-4-15)9-19-17(22)20-16-5-7-21(11-16)10-14-6-8-23-12-14/h1-4,6,8,12,16H,5,7,9-11H2,(H2,19,20,22)/t16-/m0/s1. The molecule has 0 aliphatic carbocycles. The van der Waals surface area contributed by atoms with Crippen LogP contribution in [0, 0.1) is 0 Å². The van der Waals surface area contributed by atoms with Crippen molar-refractivity contribution in [2.24, 2.45) is 0 Å². The van der Waals surface area contributed by atoms with E-state index in [4.69, 9.17) is 11.6 Å². The van der Waals surface area contributed by atoms with E-state index in [-0.39, 0.29) is 12.1 Å². The van der Waals surface area contributed by atoms with Gasteiger partial charge in [0.05, 0.1) is 0 Å². The molecule has 3 rings (SSSR count). The number of halogens is 1. The Hall–Kier alpha value is -1.56. The van der Waals surface area contributed by atoms with Crippen molar-refractivity contribution in [1.29, 1.82) is 0 Å². The highest BCUT2D eigenvalue weighted by molar-refractivity contribution is 7.07. The number of nitrogens with one attached hydrogen (secondary N) is 2. The first-order valence-corrected chi connectivity index (χ1v) is 9.03. The van der Waals surface area contributed by atoms with E-state index in [2.05, 4.69) is 32.4 Å². The first-order chi connectivity index (χ1) is 11.2. The van der Waals surface area contributed by atoms with Crippen molar-refractivity contribution in [2.45, 2.75) is 25.6 Å². The van der Waals surface area contributed by atoms with Crippen molar-refractivity contribution in [2.75, 3.05) is 13.1 Å². The Morgan fingerprint density at radius 1 is 1.26 bits per heavy atom. The van der Waals surface area contributed by atoms with Crippen molar-refractivity contribution in [1.82, 2.24) is 15.5 Å². The molecule has 2 N–H and O–H groups in total. The largest absolute Gasteiger partial charge is 0.334 e. The lowest BCUT2D eigenvalue weighted by Gasteiger charge is -2.16. The van der Waals surface area contributed by atoms with Crippen LogP contribution >= 0.6 is 22.9 Å². The van der Waals surface area contributed by atoms with E-state index in [9.17, 15) is 4.79 Å². The van der Waals surface area contributed by atoms with Crippen LogP contribution in [0.4, 0.5) is 4.79 Å². The fourth-order valence-electron chi connectivity index (χ4n) is 2.76. The number of rotatable bonds is 5. The molecule has 6 heteroatoms. The predicted octanol–water partition coefficient (Wildman–Crippen LogP) is 3.48. The van der Waals surface area contributed by atoms with E-state index in [1.54, 1.807) is 11.3 Å². The fourth-order valence-corrected chi connectivity index (χ4v) is 3.54. The molecule has 1 aliphatic heterocycles. The van der Waals surface area contributed by atoms with Crippen molar-refractivity contribution >= 4 is 29.0 Å². The summed E-state index contributed by atoms with van der Waals surface area (Å²) in [5.41, 5.74) is 2.39. The smallest absolute Gasteiger partial charge is 0.315 e. The molecule has 23 heavy (non-hydrogen) atoms. The van der Waals surface area contributed by atoms with Crippen LogP contribution in [-0.2, 0) is 13.1 Å². The van der Waals surface area contributed by atoms with Gasteiger partial charge in [-0.3, -0.25) is 4.90 Å². The van der Waals surface area contributed by atoms with Crippen LogP contribution < -0.4 is 10.6 Å². The van der Waals surface area contributed by atoms with Gasteiger partial charge in [-0.1, -0.05) is 23.7 Å². The normalized spacial score (nSPS) is 18.0. The average molecular weight is 350 g/mol. The molecule has 0 unspecified atom stereocenters. The highest BCUT2D eigenvalue weighted by Crippen LogP contribution is 2.15. The summed E-state index contributed by atoms with van der Waals surface area (Å²) in [6.07, 6.45) is 0.999. The molecule has 1 saturated heterocycles. The zero-order chi connectivity index (χ0) is 16.1. The van der Waals surface area contributed by atoms with Crippen LogP contribution in [0.25, 0.3) is 0 Å². The van der Waals surface area contributed by atoms with Gasteiger partial charge in [-0.25, -0.2) is 4.79 Å². The summed E-state index contributed by atoms with van der Waals surface area (Å²) in [4.78, 5) is 14.4. The molecule has 0 spiro atoms. The molecule has 0 radical (unpaired) electrons. The fraction of sp³-hybridized carbons (Fsp3) is 0.353. The Balaban J connectivity index is 1.39. The third kappa shape index (κ3) is 4.96. The second-order valence-corrected chi connectivity index (χ2v) is 7.02. The predicted molar refractivity (Wildman–Crippen MR) is 94.8 cm³/mol. The maximum Gasteiger partial charge on any atom is 0.315 e. The van der Waals surface area contributed by atoms with E-state index in [1.807, 2.05) is 24.3 Å². The average Bonchev–Trinajstić information content (AvgIpc) is 3.19. The third-order valence-electron chi connectivity index (χ3n) is 3.96. The van der Waals surface area contributed by atoms with Gasteiger partial charge in [0.2, 0.25) is 0 Å². The molecule has 4 nitrogen and oxygen atoms in total. The Kier molecular flexibility index (Phi) is 5.54. The molecule has 0 bridgehead atoms. The lowest BCUT2D eigenvalue weighted by atomic mass is 10.2. The van der Waals surface area contributed by atoms with Crippen LogP contribution in [0.1, 0.15) is 17.5 Å². The summed E-state index contributed by atoms with van der Waals surface area (Å²) in [6, 6.07) is 9.76. The highest BCUT2D eigenvalue weighted by Gasteiger charge is 2.23. The second-order valence-electron chi connectivity index (χ2n) is 5.81. The molecule has 1 aliphatic rings. The maximum atomic E-state index is 12.0. The summed E-state index contributed by atoms with van der Waals surface area (Å²) in [5.74, 6) is 0.